The van der Waals surface area contributed by atoms with Crippen molar-refractivity contribution < 1.29 is 60.7 Å². The highest BCUT2D eigenvalue weighted by Gasteiger charge is 2.32. The highest BCUT2D eigenvalue weighted by Crippen LogP contribution is 2.41. The number of aromatic amines is 1. The largest absolute Gasteiger partial charge is 0.384 e. The number of nitrogens with two attached hydrogens (primary N) is 1. The Balaban J connectivity index is 2.12. The molecule has 1 amide bonds. The molecular weight excluding hydrogens is 732 g/mol. The van der Waals surface area contributed by atoms with Crippen molar-refractivity contribution in [3.63, 3.8) is 0 Å². The molecule has 0 saturated carbocycles. The van der Waals surface area contributed by atoms with E-state index in [2.05, 4.69) is 9.97 Å². The van der Waals surface area contributed by atoms with E-state index in [-0.39, 0.29) is 28.3 Å². The number of nitrogens with zero attached hydrogens (tertiary/aromatic N) is 2. The first kappa shape index (κ1) is 37.9. The second-order valence-corrected chi connectivity index (χ2v) is 17.2. The van der Waals surface area contributed by atoms with E-state index < -0.39 is 98.6 Å². The van der Waals surface area contributed by atoms with Crippen LogP contribution in [0.25, 0.3) is 33.5 Å². The molecule has 1 aromatic heterocycles. The van der Waals surface area contributed by atoms with E-state index in [0.717, 1.165) is 34.0 Å². The lowest BCUT2D eigenvalue weighted by Gasteiger charge is -2.25. The van der Waals surface area contributed by atoms with Crippen molar-refractivity contribution in [1.29, 1.82) is 5.41 Å². The number of nitrogen functional groups attached to an aromatic ring is 1. The van der Waals surface area contributed by atoms with Crippen LogP contribution in [0.3, 0.4) is 0 Å². The number of carbonyl (C=O) groups is 1. The number of nitrogens with one attached hydrogen (secondary N) is 4. The Morgan fingerprint density at radius 2 is 1.41 bits per heavy atom. The minimum atomic E-state index is -5.02. The van der Waals surface area contributed by atoms with E-state index in [9.17, 15) is 60.7 Å². The molecule has 4 rings (SSSR count). The maximum Gasteiger partial charge on any atom is 0.327 e. The van der Waals surface area contributed by atoms with E-state index in [1.165, 1.54) is 30.3 Å². The molecule has 0 radical (unpaired) electrons. The average molecular weight is 762 g/mol. The zero-order chi connectivity index (χ0) is 36.5. The second kappa shape index (κ2) is 14.2. The van der Waals surface area contributed by atoms with Crippen LogP contribution >= 0.6 is 15.2 Å². The Labute approximate surface area is 277 Å². The zero-order valence-electron chi connectivity index (χ0n) is 24.7. The number of hydrogen-bond acceptors (Lipinski definition) is 11. The Morgan fingerprint density at radius 1 is 0.837 bits per heavy atom. The van der Waals surface area contributed by atoms with E-state index in [1.807, 2.05) is 0 Å². The summed E-state index contributed by atoms with van der Waals surface area (Å²) in [7, 11) is -19.3. The maximum absolute atomic E-state index is 14.0. The molecule has 0 aliphatic carbocycles. The molecule has 0 atom stereocenters. The summed E-state index contributed by atoms with van der Waals surface area (Å²) in [6.45, 7) is -1.44. The minimum Gasteiger partial charge on any atom is -0.384 e. The quantitative estimate of drug-likeness (QED) is 0.0357. The van der Waals surface area contributed by atoms with Gasteiger partial charge in [-0.05, 0) is 36.4 Å². The number of benzene rings is 3. The lowest BCUT2D eigenvalue weighted by Crippen LogP contribution is -2.36. The standard InChI is InChI=1S/C25H29N7O13P2S2/c26-23(27)14-5-6-19-20(13-14)29-24(28-19)18-12-15(25(33)32(7-9-46(36,37)38)8-10-47(39,40)41)11-17(22(18)49(44,45)31-35)16-3-1-2-4-21(16)48(42,43)30-34/h1-6,11-13,30-31,34-35H,7-10H2,(H3,26,27)(H,28,29)(H2,36,37,38)(H2,39,40,41). The van der Waals surface area contributed by atoms with Gasteiger partial charge in [-0.25, -0.2) is 21.8 Å². The zero-order valence-corrected chi connectivity index (χ0v) is 28.2. The third kappa shape index (κ3) is 8.83. The predicted octanol–water partition coefficient (Wildman–Crippen LogP) is 0.314. The monoisotopic (exact) mass is 761 g/mol. The van der Waals surface area contributed by atoms with Crippen molar-refractivity contribution in [1.82, 2.24) is 24.6 Å². The molecule has 3 aromatic carbocycles. The summed E-state index contributed by atoms with van der Waals surface area (Å²) in [5.41, 5.74) is 4.31. The minimum absolute atomic E-state index is 0.205. The SMILES string of the molecule is N=C(N)c1ccc2nc(-c3cc(C(=O)N(CCP(=O)(O)O)CCP(=O)(O)O)cc(-c4ccccc4S(=O)(=O)NO)c3S(=O)(=O)NO)[nH]c2c1. The molecule has 0 aliphatic heterocycles. The van der Waals surface area contributed by atoms with Crippen molar-refractivity contribution in [2.24, 2.45) is 5.73 Å². The smallest absolute Gasteiger partial charge is 0.327 e. The molecule has 0 fully saturated rings. The first-order valence-electron chi connectivity index (χ1n) is 13.5. The highest BCUT2D eigenvalue weighted by atomic mass is 32.2. The van der Waals surface area contributed by atoms with E-state index in [0.29, 0.717) is 4.90 Å². The molecule has 20 nitrogen and oxygen atoms in total. The molecule has 4 aromatic rings. The van der Waals surface area contributed by atoms with Crippen LogP contribution in [0.5, 0.6) is 0 Å². The third-order valence-electron chi connectivity index (χ3n) is 6.97. The molecule has 1 heterocycles. The molecule has 0 aliphatic rings. The van der Waals surface area contributed by atoms with Gasteiger partial charge in [-0.15, -0.1) is 0 Å². The van der Waals surface area contributed by atoms with Crippen molar-refractivity contribution in [2.45, 2.75) is 9.79 Å². The number of carbonyl (C=O) groups excluding carboxylic acids is 1. The molecule has 24 heteroatoms. The number of aromatic nitrogens is 2. The number of hydrogen-bond donors (Lipinski definition) is 11. The fourth-order valence-electron chi connectivity index (χ4n) is 4.74. The van der Waals surface area contributed by atoms with Crippen LogP contribution in [0.15, 0.2) is 64.4 Å². The number of H-pyrrole nitrogens is 1. The van der Waals surface area contributed by atoms with Gasteiger partial charge < -0.3 is 45.6 Å². The fourth-order valence-corrected chi connectivity index (χ4v) is 7.56. The summed E-state index contributed by atoms with van der Waals surface area (Å²) in [6.07, 6.45) is -1.85. The summed E-state index contributed by atoms with van der Waals surface area (Å²) in [5, 5.41) is 26.9. The van der Waals surface area contributed by atoms with Crippen LogP contribution in [0.2, 0.25) is 0 Å². The van der Waals surface area contributed by atoms with Crippen LogP contribution < -0.4 is 15.5 Å². The maximum atomic E-state index is 14.0. The van der Waals surface area contributed by atoms with Gasteiger partial charge in [0, 0.05) is 40.9 Å². The van der Waals surface area contributed by atoms with Gasteiger partial charge >= 0.3 is 15.2 Å². The Hall–Kier alpha value is -3.89. The molecule has 49 heavy (non-hydrogen) atoms. The van der Waals surface area contributed by atoms with Crippen LogP contribution in [0, 0.1) is 5.41 Å². The van der Waals surface area contributed by atoms with Gasteiger partial charge in [0.15, 0.2) is 0 Å². The van der Waals surface area contributed by atoms with Crippen LogP contribution in [0.1, 0.15) is 15.9 Å². The third-order valence-corrected chi connectivity index (χ3v) is 10.9. The number of amides is 1. The van der Waals surface area contributed by atoms with E-state index in [4.69, 9.17) is 11.1 Å². The average Bonchev–Trinajstić information content (AvgIpc) is 3.46. The van der Waals surface area contributed by atoms with Gasteiger partial charge in [0.05, 0.1) is 28.3 Å². The molecule has 0 saturated heterocycles. The van der Waals surface area contributed by atoms with Gasteiger partial charge in [-0.2, -0.15) is 0 Å². The van der Waals surface area contributed by atoms with Gasteiger partial charge in [0.25, 0.3) is 26.0 Å². The van der Waals surface area contributed by atoms with Crippen molar-refractivity contribution >= 4 is 58.0 Å². The van der Waals surface area contributed by atoms with Crippen molar-refractivity contribution in [2.75, 3.05) is 25.4 Å². The first-order chi connectivity index (χ1) is 22.7. The topological polar surface area (TPSA) is 347 Å². The van der Waals surface area contributed by atoms with Gasteiger partial charge in [-0.1, -0.05) is 28.0 Å². The number of rotatable bonds is 14. The summed E-state index contributed by atoms with van der Waals surface area (Å²) in [4.78, 5) is 60.4. The van der Waals surface area contributed by atoms with Gasteiger partial charge in [0.2, 0.25) is 0 Å². The molecule has 264 valence electrons. The fraction of sp³-hybridized carbons (Fsp3) is 0.160. The highest BCUT2D eigenvalue weighted by molar-refractivity contribution is 7.90. The van der Waals surface area contributed by atoms with Crippen LogP contribution in [-0.4, -0.2) is 98.8 Å². The lowest BCUT2D eigenvalue weighted by molar-refractivity contribution is 0.0772. The summed E-state index contributed by atoms with van der Waals surface area (Å²) in [5.74, 6) is -1.72. The normalized spacial score (nSPS) is 12.7. The summed E-state index contributed by atoms with van der Waals surface area (Å²) in [6, 6.07) is 10.7. The van der Waals surface area contributed by atoms with E-state index in [1.54, 1.807) is 0 Å². The van der Waals surface area contributed by atoms with Gasteiger partial charge in [-0.3, -0.25) is 19.3 Å². The Bertz CT molecular complexity index is 2240. The Morgan fingerprint density at radius 3 is 1.96 bits per heavy atom. The Kier molecular flexibility index (Phi) is 11.0. The van der Waals surface area contributed by atoms with E-state index >= 15 is 0 Å². The van der Waals surface area contributed by atoms with Crippen molar-refractivity contribution in [3.05, 3.63) is 65.7 Å². The molecular formula is C25H29N7O13P2S2. The second-order valence-electron chi connectivity index (χ2n) is 10.4. The predicted molar refractivity (Wildman–Crippen MR) is 172 cm³/mol. The number of sulfonamides is 2. The van der Waals surface area contributed by atoms with Gasteiger partial charge in [0.1, 0.15) is 16.6 Å². The molecule has 0 unspecified atom stereocenters. The molecule has 12 N–H and O–H groups in total. The molecule has 0 spiro atoms. The number of amidine groups is 1. The van der Waals surface area contributed by atoms with Crippen LogP contribution in [-0.2, 0) is 29.2 Å². The molecule has 0 bridgehead atoms. The number of imidazole rings is 1. The van der Waals surface area contributed by atoms with Crippen LogP contribution in [0.4, 0.5) is 0 Å². The summed E-state index contributed by atoms with van der Waals surface area (Å²) >= 11 is 0. The lowest BCUT2D eigenvalue weighted by atomic mass is 9.98. The first-order valence-corrected chi connectivity index (χ1v) is 20.1. The number of fused-ring (bicyclic) bond motifs is 1. The summed E-state index contributed by atoms with van der Waals surface area (Å²) < 4.78 is 76.0. The van der Waals surface area contributed by atoms with Crippen molar-refractivity contribution in [3.8, 4) is 22.5 Å².